The Bertz CT molecular complexity index is 832. The molecule has 21 heavy (non-hydrogen) atoms. The van der Waals surface area contributed by atoms with E-state index in [1.807, 2.05) is 31.8 Å². The molecular weight excluding hydrogens is 262 g/mol. The van der Waals surface area contributed by atoms with Crippen molar-refractivity contribution in [3.05, 3.63) is 41.0 Å². The van der Waals surface area contributed by atoms with E-state index in [1.165, 1.54) is 11.1 Å². The Morgan fingerprint density at radius 1 is 1.00 bits per heavy atom. The van der Waals surface area contributed by atoms with Crippen LogP contribution in [0.2, 0.25) is 0 Å². The first kappa shape index (κ1) is 13.5. The Hall–Kier alpha value is -2.43. The summed E-state index contributed by atoms with van der Waals surface area (Å²) < 4.78 is 2.03. The van der Waals surface area contributed by atoms with Gasteiger partial charge < -0.3 is 5.32 Å². The molecule has 3 aromatic rings. The van der Waals surface area contributed by atoms with Crippen molar-refractivity contribution in [1.82, 2.24) is 19.5 Å². The number of benzene rings is 1. The predicted molar refractivity (Wildman–Crippen MR) is 85.2 cm³/mol. The molecule has 0 aliphatic carbocycles. The molecule has 2 aromatic heterocycles. The van der Waals surface area contributed by atoms with Crippen LogP contribution >= 0.6 is 0 Å². The van der Waals surface area contributed by atoms with Crippen LogP contribution < -0.4 is 5.32 Å². The van der Waals surface area contributed by atoms with Crippen molar-refractivity contribution >= 4 is 16.9 Å². The van der Waals surface area contributed by atoms with E-state index in [1.54, 1.807) is 0 Å². The minimum absolute atomic E-state index is 0.741. The quantitative estimate of drug-likeness (QED) is 0.784. The van der Waals surface area contributed by atoms with E-state index in [0.29, 0.717) is 0 Å². The summed E-state index contributed by atoms with van der Waals surface area (Å²) in [6.45, 7) is 8.14. The molecule has 0 unspecified atom stereocenters. The molecule has 0 bridgehead atoms. The number of nitrogens with one attached hydrogen (secondary N) is 1. The number of aromatic nitrogens is 4. The average molecular weight is 281 g/mol. The SMILES string of the molecule is CNc1nc(C)nc(-n2cnc3cc(C)c(C)cc32)c1C. The van der Waals surface area contributed by atoms with Gasteiger partial charge in [-0.15, -0.1) is 0 Å². The van der Waals surface area contributed by atoms with Gasteiger partial charge in [-0.1, -0.05) is 0 Å². The molecule has 0 saturated carbocycles. The van der Waals surface area contributed by atoms with E-state index >= 15 is 0 Å². The molecule has 0 amide bonds. The lowest BCUT2D eigenvalue weighted by Gasteiger charge is -2.12. The number of imidazole rings is 1. The highest BCUT2D eigenvalue weighted by Crippen LogP contribution is 2.24. The topological polar surface area (TPSA) is 55.6 Å². The third-order valence-electron chi connectivity index (χ3n) is 3.86. The maximum absolute atomic E-state index is 4.60. The zero-order valence-electron chi connectivity index (χ0n) is 13.0. The summed E-state index contributed by atoms with van der Waals surface area (Å²) in [5.74, 6) is 2.46. The van der Waals surface area contributed by atoms with Crippen molar-refractivity contribution in [1.29, 1.82) is 0 Å². The first-order valence-corrected chi connectivity index (χ1v) is 6.99. The lowest BCUT2D eigenvalue weighted by Crippen LogP contribution is -2.07. The van der Waals surface area contributed by atoms with Crippen LogP contribution in [0.5, 0.6) is 0 Å². The summed E-state index contributed by atoms with van der Waals surface area (Å²) in [7, 11) is 1.87. The van der Waals surface area contributed by atoms with Gasteiger partial charge in [0.1, 0.15) is 23.8 Å². The van der Waals surface area contributed by atoms with Crippen molar-refractivity contribution in [2.24, 2.45) is 0 Å². The van der Waals surface area contributed by atoms with Crippen molar-refractivity contribution in [2.75, 3.05) is 12.4 Å². The molecular formula is C16H19N5. The second kappa shape index (κ2) is 4.84. The molecule has 0 aliphatic heterocycles. The van der Waals surface area contributed by atoms with Gasteiger partial charge in [0.15, 0.2) is 0 Å². The second-order valence-corrected chi connectivity index (χ2v) is 5.36. The maximum Gasteiger partial charge on any atom is 0.147 e. The molecule has 0 aliphatic rings. The van der Waals surface area contributed by atoms with E-state index in [-0.39, 0.29) is 0 Å². The summed E-state index contributed by atoms with van der Waals surface area (Å²) in [5, 5.41) is 3.12. The maximum atomic E-state index is 4.60. The van der Waals surface area contributed by atoms with Crippen molar-refractivity contribution in [2.45, 2.75) is 27.7 Å². The van der Waals surface area contributed by atoms with Gasteiger partial charge in [-0.3, -0.25) is 4.57 Å². The van der Waals surface area contributed by atoms with Crippen molar-refractivity contribution in [3.8, 4) is 5.82 Å². The van der Waals surface area contributed by atoms with Gasteiger partial charge >= 0.3 is 0 Å². The smallest absolute Gasteiger partial charge is 0.147 e. The fourth-order valence-corrected chi connectivity index (χ4v) is 2.52. The highest BCUT2D eigenvalue weighted by atomic mass is 15.1. The van der Waals surface area contributed by atoms with Gasteiger partial charge in [0, 0.05) is 12.6 Å². The number of anilines is 1. The second-order valence-electron chi connectivity index (χ2n) is 5.36. The molecule has 5 heteroatoms. The first-order chi connectivity index (χ1) is 10.0. The van der Waals surface area contributed by atoms with Gasteiger partial charge in [-0.05, 0) is 51.0 Å². The van der Waals surface area contributed by atoms with E-state index in [4.69, 9.17) is 0 Å². The third kappa shape index (κ3) is 2.14. The van der Waals surface area contributed by atoms with Gasteiger partial charge in [0.05, 0.1) is 11.0 Å². The summed E-state index contributed by atoms with van der Waals surface area (Å²) in [6, 6.07) is 4.27. The summed E-state index contributed by atoms with van der Waals surface area (Å²) >= 11 is 0. The van der Waals surface area contributed by atoms with Crippen LogP contribution in [-0.4, -0.2) is 26.6 Å². The average Bonchev–Trinajstić information content (AvgIpc) is 2.84. The lowest BCUT2D eigenvalue weighted by atomic mass is 10.1. The Labute approximate surface area is 124 Å². The van der Waals surface area contributed by atoms with E-state index in [0.717, 1.165) is 34.1 Å². The first-order valence-electron chi connectivity index (χ1n) is 6.99. The summed E-state index contributed by atoms with van der Waals surface area (Å²) in [5.41, 5.74) is 5.57. The normalized spacial score (nSPS) is 11.1. The number of fused-ring (bicyclic) bond motifs is 1. The monoisotopic (exact) mass is 281 g/mol. The van der Waals surface area contributed by atoms with Crippen LogP contribution in [0.4, 0.5) is 5.82 Å². The molecule has 1 aromatic carbocycles. The van der Waals surface area contributed by atoms with Crippen LogP contribution in [0, 0.1) is 27.7 Å². The van der Waals surface area contributed by atoms with Crippen LogP contribution in [0.1, 0.15) is 22.5 Å². The zero-order chi connectivity index (χ0) is 15.1. The van der Waals surface area contributed by atoms with Crippen LogP contribution in [0.25, 0.3) is 16.9 Å². The van der Waals surface area contributed by atoms with Gasteiger partial charge in [-0.25, -0.2) is 15.0 Å². The van der Waals surface area contributed by atoms with Gasteiger partial charge in [0.2, 0.25) is 0 Å². The summed E-state index contributed by atoms with van der Waals surface area (Å²) in [4.78, 5) is 13.5. The Balaban J connectivity index is 2.31. The number of rotatable bonds is 2. The van der Waals surface area contributed by atoms with E-state index in [9.17, 15) is 0 Å². The zero-order valence-corrected chi connectivity index (χ0v) is 13.0. The Morgan fingerprint density at radius 3 is 2.43 bits per heavy atom. The van der Waals surface area contributed by atoms with Crippen LogP contribution in [0.3, 0.4) is 0 Å². The molecule has 5 nitrogen and oxygen atoms in total. The van der Waals surface area contributed by atoms with E-state index in [2.05, 4.69) is 46.2 Å². The molecule has 0 radical (unpaired) electrons. The number of aryl methyl sites for hydroxylation is 3. The van der Waals surface area contributed by atoms with Crippen LogP contribution in [-0.2, 0) is 0 Å². The lowest BCUT2D eigenvalue weighted by molar-refractivity contribution is 0.936. The number of hydrogen-bond donors (Lipinski definition) is 1. The fraction of sp³-hybridized carbons (Fsp3) is 0.312. The molecule has 0 saturated heterocycles. The Kier molecular flexibility index (Phi) is 3.12. The molecule has 1 N–H and O–H groups in total. The molecule has 3 rings (SSSR count). The van der Waals surface area contributed by atoms with Crippen LogP contribution in [0.15, 0.2) is 18.5 Å². The summed E-state index contributed by atoms with van der Waals surface area (Å²) in [6.07, 6.45) is 1.83. The molecule has 108 valence electrons. The molecule has 0 spiro atoms. The van der Waals surface area contributed by atoms with Gasteiger partial charge in [0.25, 0.3) is 0 Å². The molecule has 2 heterocycles. The predicted octanol–water partition coefficient (Wildman–Crippen LogP) is 3.09. The Morgan fingerprint density at radius 2 is 1.71 bits per heavy atom. The molecule has 0 atom stereocenters. The largest absolute Gasteiger partial charge is 0.373 e. The van der Waals surface area contributed by atoms with Gasteiger partial charge in [-0.2, -0.15) is 0 Å². The highest BCUT2D eigenvalue weighted by molar-refractivity contribution is 5.79. The molecule has 0 fully saturated rings. The van der Waals surface area contributed by atoms with E-state index < -0.39 is 0 Å². The standard InChI is InChI=1S/C16H19N5/c1-9-6-13-14(7-10(9)2)21(8-18-13)16-11(3)15(17-5)19-12(4)20-16/h6-8H,1-5H3,(H,17,19,20). The number of nitrogens with zero attached hydrogens (tertiary/aromatic N) is 4. The fourth-order valence-electron chi connectivity index (χ4n) is 2.52. The minimum Gasteiger partial charge on any atom is -0.373 e. The highest BCUT2D eigenvalue weighted by Gasteiger charge is 2.13. The van der Waals surface area contributed by atoms with Crippen molar-refractivity contribution in [3.63, 3.8) is 0 Å². The third-order valence-corrected chi connectivity index (χ3v) is 3.86. The minimum atomic E-state index is 0.741. The number of hydrogen-bond acceptors (Lipinski definition) is 4. The van der Waals surface area contributed by atoms with Crippen molar-refractivity contribution < 1.29 is 0 Å².